The van der Waals surface area contributed by atoms with Gasteiger partial charge in [-0.25, -0.2) is 0 Å². The molecule has 1 fully saturated rings. The number of thiophene rings is 1. The number of hydrogen-bond acceptors (Lipinski definition) is 6. The topological polar surface area (TPSA) is 54.2 Å². The van der Waals surface area contributed by atoms with Gasteiger partial charge in [0, 0.05) is 40.4 Å². The monoisotopic (exact) mass is 390 g/mol. The van der Waals surface area contributed by atoms with Crippen molar-refractivity contribution < 1.29 is 4.52 Å². The summed E-state index contributed by atoms with van der Waals surface area (Å²) in [6, 6.07) is 2.24. The summed E-state index contributed by atoms with van der Waals surface area (Å²) in [5, 5.41) is 9.47. The first-order valence-electron chi connectivity index (χ1n) is 6.39. The minimum atomic E-state index is 0. The largest absolute Gasteiger partial charge is 0.335 e. The highest BCUT2D eigenvalue weighted by atomic mass is 79.9. The van der Waals surface area contributed by atoms with Gasteiger partial charge in [-0.05, 0) is 35.1 Å². The van der Waals surface area contributed by atoms with Crippen LogP contribution >= 0.6 is 39.7 Å². The maximum absolute atomic E-state index is 5.29. The average Bonchev–Trinajstić information content (AvgIpc) is 3.06. The fourth-order valence-electron chi connectivity index (χ4n) is 2.11. The first-order valence-corrected chi connectivity index (χ1v) is 8.06. The summed E-state index contributed by atoms with van der Waals surface area (Å²) in [5.41, 5.74) is 0. The smallest absolute Gasteiger partial charge is 0.250 e. The van der Waals surface area contributed by atoms with E-state index in [2.05, 4.69) is 49.4 Å². The first-order chi connectivity index (χ1) is 9.72. The van der Waals surface area contributed by atoms with Gasteiger partial charge in [-0.15, -0.1) is 23.7 Å². The molecule has 1 unspecified atom stereocenters. The van der Waals surface area contributed by atoms with Crippen LogP contribution in [0.3, 0.4) is 0 Å². The van der Waals surface area contributed by atoms with E-state index in [4.69, 9.17) is 4.52 Å². The fourth-order valence-corrected chi connectivity index (χ4v) is 3.45. The van der Waals surface area contributed by atoms with Crippen LogP contribution in [0.5, 0.6) is 0 Å². The van der Waals surface area contributed by atoms with Gasteiger partial charge in [0.2, 0.25) is 0 Å². The molecule has 3 rings (SSSR count). The Morgan fingerprint density at radius 3 is 3.10 bits per heavy atom. The maximum atomic E-state index is 5.29. The molecule has 21 heavy (non-hydrogen) atoms. The molecule has 0 aromatic carbocycles. The zero-order valence-corrected chi connectivity index (χ0v) is 14.7. The van der Waals surface area contributed by atoms with E-state index in [1.807, 2.05) is 17.5 Å². The first kappa shape index (κ1) is 16.6. The molecule has 1 aliphatic rings. The number of hydrogen-bond donors (Lipinski definition) is 1. The minimum Gasteiger partial charge on any atom is -0.335 e. The normalized spacial score (nSPS) is 19.8. The van der Waals surface area contributed by atoms with Gasteiger partial charge >= 0.3 is 0 Å². The highest BCUT2D eigenvalue weighted by Crippen LogP contribution is 2.22. The van der Waals surface area contributed by atoms with Crippen LogP contribution in [0.25, 0.3) is 12.2 Å². The van der Waals surface area contributed by atoms with Crippen LogP contribution in [0.1, 0.15) is 22.6 Å². The average molecular weight is 392 g/mol. The van der Waals surface area contributed by atoms with Crippen molar-refractivity contribution in [2.24, 2.45) is 0 Å². The molecule has 1 saturated heterocycles. The maximum Gasteiger partial charge on any atom is 0.250 e. The number of piperazine rings is 1. The summed E-state index contributed by atoms with van der Waals surface area (Å²) in [7, 11) is 2.08. The van der Waals surface area contributed by atoms with Gasteiger partial charge in [-0.3, -0.25) is 4.90 Å². The lowest BCUT2D eigenvalue weighted by Crippen LogP contribution is -2.44. The molecule has 5 nitrogen and oxygen atoms in total. The highest BCUT2D eigenvalue weighted by Gasteiger charge is 2.24. The van der Waals surface area contributed by atoms with Crippen molar-refractivity contribution in [3.8, 4) is 0 Å². The third-order valence-corrected chi connectivity index (χ3v) is 4.90. The molecule has 1 aliphatic heterocycles. The van der Waals surface area contributed by atoms with Gasteiger partial charge in [-0.2, -0.15) is 4.98 Å². The quantitative estimate of drug-likeness (QED) is 0.871. The number of halogens is 2. The Kier molecular flexibility index (Phi) is 5.95. The summed E-state index contributed by atoms with van der Waals surface area (Å²) < 4.78 is 6.37. The Bertz CT molecular complexity index is 615. The Labute approximate surface area is 142 Å². The van der Waals surface area contributed by atoms with Gasteiger partial charge < -0.3 is 9.84 Å². The van der Waals surface area contributed by atoms with E-state index in [0.717, 1.165) is 34.8 Å². The summed E-state index contributed by atoms with van der Waals surface area (Å²) in [5.74, 6) is 1.29. The Morgan fingerprint density at radius 2 is 2.38 bits per heavy atom. The van der Waals surface area contributed by atoms with Crippen molar-refractivity contribution >= 4 is 51.8 Å². The van der Waals surface area contributed by atoms with E-state index in [-0.39, 0.29) is 18.4 Å². The molecule has 3 heterocycles. The molecule has 0 saturated carbocycles. The van der Waals surface area contributed by atoms with Crippen LogP contribution in [0.15, 0.2) is 20.4 Å². The minimum absolute atomic E-state index is 0. The van der Waals surface area contributed by atoms with Gasteiger partial charge in [0.15, 0.2) is 5.82 Å². The van der Waals surface area contributed by atoms with Crippen LogP contribution in [0.4, 0.5) is 0 Å². The predicted molar refractivity (Wildman–Crippen MR) is 90.7 cm³/mol. The van der Waals surface area contributed by atoms with Crippen LogP contribution in [0, 0.1) is 0 Å². The van der Waals surface area contributed by atoms with E-state index in [1.165, 1.54) is 0 Å². The number of aromatic nitrogens is 2. The Balaban J connectivity index is 0.00000161. The lowest BCUT2D eigenvalue weighted by Gasteiger charge is -2.30. The van der Waals surface area contributed by atoms with Crippen molar-refractivity contribution in [2.75, 3.05) is 26.7 Å². The van der Waals surface area contributed by atoms with E-state index >= 15 is 0 Å². The third kappa shape index (κ3) is 4.14. The molecule has 114 valence electrons. The van der Waals surface area contributed by atoms with Gasteiger partial charge in [0.25, 0.3) is 5.89 Å². The van der Waals surface area contributed by atoms with E-state index in [0.29, 0.717) is 5.89 Å². The van der Waals surface area contributed by atoms with Gasteiger partial charge in [0.1, 0.15) is 0 Å². The Morgan fingerprint density at radius 1 is 1.52 bits per heavy atom. The number of nitrogens with one attached hydrogen (secondary N) is 1. The molecule has 0 aliphatic carbocycles. The zero-order valence-electron chi connectivity index (χ0n) is 11.5. The van der Waals surface area contributed by atoms with Gasteiger partial charge in [0.05, 0.1) is 6.04 Å². The van der Waals surface area contributed by atoms with E-state index < -0.39 is 0 Å². The SMILES string of the molecule is CN1CCNCC1c1noc(/C=C/c2cc(Br)cs2)n1.Cl. The van der Waals surface area contributed by atoms with Crippen LogP contribution in [-0.2, 0) is 0 Å². The number of nitrogens with zero attached hydrogens (tertiary/aromatic N) is 3. The number of likely N-dealkylation sites (N-methyl/N-ethyl adjacent to an activating group) is 1. The molecular formula is C13H16BrClN4OS. The molecular weight excluding hydrogens is 376 g/mol. The Hall–Kier alpha value is -0.730. The van der Waals surface area contributed by atoms with Crippen molar-refractivity contribution in [2.45, 2.75) is 6.04 Å². The summed E-state index contributed by atoms with van der Waals surface area (Å²) in [6.07, 6.45) is 3.83. The molecule has 0 spiro atoms. The third-order valence-electron chi connectivity index (χ3n) is 3.24. The van der Waals surface area contributed by atoms with Crippen LogP contribution < -0.4 is 5.32 Å². The van der Waals surface area contributed by atoms with Crippen LogP contribution in [0.2, 0.25) is 0 Å². The van der Waals surface area contributed by atoms with Crippen LogP contribution in [-0.4, -0.2) is 41.7 Å². The van der Waals surface area contributed by atoms with Gasteiger partial charge in [-0.1, -0.05) is 5.16 Å². The molecule has 8 heteroatoms. The predicted octanol–water partition coefficient (Wildman–Crippen LogP) is 3.06. The molecule has 1 atom stereocenters. The lowest BCUT2D eigenvalue weighted by molar-refractivity contribution is 0.190. The fraction of sp³-hybridized carbons (Fsp3) is 0.385. The van der Waals surface area contributed by atoms with E-state index in [1.54, 1.807) is 11.3 Å². The number of rotatable bonds is 3. The second-order valence-electron chi connectivity index (χ2n) is 4.69. The van der Waals surface area contributed by atoms with Crippen molar-refractivity contribution in [3.63, 3.8) is 0 Å². The lowest BCUT2D eigenvalue weighted by atomic mass is 10.2. The van der Waals surface area contributed by atoms with E-state index in [9.17, 15) is 0 Å². The molecule has 0 amide bonds. The molecule has 2 aromatic rings. The highest BCUT2D eigenvalue weighted by molar-refractivity contribution is 9.10. The standard InChI is InChI=1S/C13H15BrN4OS.ClH/c1-18-5-4-15-7-11(18)13-16-12(19-17-13)3-2-10-6-9(14)8-20-10;/h2-3,6,8,11,15H,4-5,7H2,1H3;1H/b3-2+;. The molecule has 0 radical (unpaired) electrons. The summed E-state index contributed by atoms with van der Waals surface area (Å²) in [4.78, 5) is 7.84. The van der Waals surface area contributed by atoms with Crippen molar-refractivity contribution in [1.29, 1.82) is 0 Å². The molecule has 2 aromatic heterocycles. The summed E-state index contributed by atoms with van der Waals surface area (Å²) >= 11 is 5.10. The molecule has 1 N–H and O–H groups in total. The second kappa shape index (κ2) is 7.51. The summed E-state index contributed by atoms with van der Waals surface area (Å²) in [6.45, 7) is 2.86. The van der Waals surface area contributed by atoms with Crippen molar-refractivity contribution in [3.05, 3.63) is 32.5 Å². The second-order valence-corrected chi connectivity index (χ2v) is 6.55. The van der Waals surface area contributed by atoms with Crippen molar-refractivity contribution in [1.82, 2.24) is 20.4 Å². The molecule has 0 bridgehead atoms. The zero-order chi connectivity index (χ0) is 13.9.